The van der Waals surface area contributed by atoms with Gasteiger partial charge in [-0.25, -0.2) is 0 Å². The number of rotatable bonds is 3. The normalized spacial score (nSPS) is 18.3. The van der Waals surface area contributed by atoms with Crippen molar-refractivity contribution in [2.45, 2.75) is 13.0 Å². The molecule has 2 rings (SSSR count). The zero-order valence-corrected chi connectivity index (χ0v) is 12.3. The van der Waals surface area contributed by atoms with E-state index in [0.717, 1.165) is 38.3 Å². The number of phenolic OH excluding ortho intramolecular Hbond substituents is 1. The molecule has 1 aromatic rings. The molecule has 1 aliphatic heterocycles. The summed E-state index contributed by atoms with van der Waals surface area (Å²) < 4.78 is 5.14. The molecule has 5 heteroatoms. The van der Waals surface area contributed by atoms with E-state index in [1.165, 1.54) is 13.5 Å². The number of nitrogens with zero attached hydrogens (tertiary/aromatic N) is 2. The van der Waals surface area contributed by atoms with Crippen LogP contribution in [0.15, 0.2) is 12.1 Å². The molecule has 1 aromatic carbocycles. The Morgan fingerprint density at radius 2 is 2.05 bits per heavy atom. The molecule has 1 aliphatic rings. The van der Waals surface area contributed by atoms with E-state index in [-0.39, 0.29) is 5.75 Å². The van der Waals surface area contributed by atoms with Crippen LogP contribution < -0.4 is 4.74 Å². The molecule has 0 aliphatic carbocycles. The number of aromatic hydroxyl groups is 1. The summed E-state index contributed by atoms with van der Waals surface area (Å²) in [6.07, 6.45) is 1.18. The first kappa shape index (κ1) is 14.4. The third-order valence-corrected chi connectivity index (χ3v) is 3.81. The molecule has 106 valence electrons. The van der Waals surface area contributed by atoms with Gasteiger partial charge in [-0.15, -0.1) is 0 Å². The van der Waals surface area contributed by atoms with Gasteiger partial charge in [-0.05, 0) is 44.3 Å². The van der Waals surface area contributed by atoms with E-state index in [4.69, 9.17) is 16.3 Å². The fourth-order valence-corrected chi connectivity index (χ4v) is 2.62. The van der Waals surface area contributed by atoms with Crippen LogP contribution in [0.1, 0.15) is 12.0 Å². The van der Waals surface area contributed by atoms with Crippen molar-refractivity contribution in [3.05, 3.63) is 22.7 Å². The largest absolute Gasteiger partial charge is 0.503 e. The van der Waals surface area contributed by atoms with E-state index >= 15 is 0 Å². The van der Waals surface area contributed by atoms with Crippen molar-refractivity contribution in [3.8, 4) is 11.5 Å². The molecule has 0 bridgehead atoms. The van der Waals surface area contributed by atoms with Crippen LogP contribution in [0, 0.1) is 0 Å². The van der Waals surface area contributed by atoms with Crippen molar-refractivity contribution in [2.75, 3.05) is 40.3 Å². The molecule has 1 heterocycles. The molecular formula is C14H21ClN2O2. The van der Waals surface area contributed by atoms with Crippen LogP contribution in [-0.2, 0) is 6.54 Å². The second-order valence-corrected chi connectivity index (χ2v) is 5.47. The van der Waals surface area contributed by atoms with E-state index < -0.39 is 0 Å². The van der Waals surface area contributed by atoms with Crippen molar-refractivity contribution in [3.63, 3.8) is 0 Å². The number of methoxy groups -OCH3 is 1. The van der Waals surface area contributed by atoms with Crippen LogP contribution in [0.5, 0.6) is 11.5 Å². The van der Waals surface area contributed by atoms with Gasteiger partial charge in [0.15, 0.2) is 11.5 Å². The van der Waals surface area contributed by atoms with Crippen molar-refractivity contribution in [2.24, 2.45) is 0 Å². The van der Waals surface area contributed by atoms with Crippen LogP contribution in [0.2, 0.25) is 5.02 Å². The minimum atomic E-state index is 0.0171. The third-order valence-electron chi connectivity index (χ3n) is 3.53. The first-order valence-electron chi connectivity index (χ1n) is 6.56. The highest BCUT2D eigenvalue weighted by atomic mass is 35.5. The molecule has 0 aromatic heterocycles. The first-order chi connectivity index (χ1) is 9.10. The maximum Gasteiger partial charge on any atom is 0.176 e. The zero-order valence-electron chi connectivity index (χ0n) is 11.5. The van der Waals surface area contributed by atoms with Crippen molar-refractivity contribution < 1.29 is 9.84 Å². The molecule has 4 nitrogen and oxygen atoms in total. The monoisotopic (exact) mass is 284 g/mol. The number of hydrogen-bond donors (Lipinski definition) is 1. The molecule has 0 unspecified atom stereocenters. The summed E-state index contributed by atoms with van der Waals surface area (Å²) in [6.45, 7) is 5.21. The lowest BCUT2D eigenvalue weighted by atomic mass is 10.2. The Labute approximate surface area is 119 Å². The third kappa shape index (κ3) is 3.75. The molecule has 0 saturated carbocycles. The van der Waals surface area contributed by atoms with E-state index in [2.05, 4.69) is 16.8 Å². The van der Waals surface area contributed by atoms with Gasteiger partial charge in [-0.3, -0.25) is 4.90 Å². The van der Waals surface area contributed by atoms with E-state index in [0.29, 0.717) is 10.8 Å². The van der Waals surface area contributed by atoms with Gasteiger partial charge < -0.3 is 14.7 Å². The number of halogens is 1. The molecule has 1 N–H and O–H groups in total. The summed E-state index contributed by atoms with van der Waals surface area (Å²) >= 11 is 6.01. The summed E-state index contributed by atoms with van der Waals surface area (Å²) in [5, 5.41) is 10.1. The first-order valence-corrected chi connectivity index (χ1v) is 6.94. The number of benzene rings is 1. The second kappa shape index (κ2) is 6.46. The summed E-state index contributed by atoms with van der Waals surface area (Å²) in [5.74, 6) is 0.456. The number of hydrogen-bond acceptors (Lipinski definition) is 4. The molecule has 0 spiro atoms. The van der Waals surface area contributed by atoms with Crippen LogP contribution in [0.25, 0.3) is 0 Å². The minimum absolute atomic E-state index is 0.0171. The topological polar surface area (TPSA) is 35.9 Å². The Balaban J connectivity index is 2.08. The predicted molar refractivity (Wildman–Crippen MR) is 77.1 cm³/mol. The Bertz CT molecular complexity index is 440. The van der Waals surface area contributed by atoms with Crippen molar-refractivity contribution in [1.82, 2.24) is 9.80 Å². The van der Waals surface area contributed by atoms with Gasteiger partial charge >= 0.3 is 0 Å². The lowest BCUT2D eigenvalue weighted by molar-refractivity contribution is 0.268. The van der Waals surface area contributed by atoms with Crippen LogP contribution >= 0.6 is 11.6 Å². The Kier molecular flexibility index (Phi) is 4.91. The fourth-order valence-electron chi connectivity index (χ4n) is 2.39. The highest BCUT2D eigenvalue weighted by molar-refractivity contribution is 6.32. The minimum Gasteiger partial charge on any atom is -0.503 e. The summed E-state index contributed by atoms with van der Waals surface area (Å²) in [4.78, 5) is 4.76. The Morgan fingerprint density at radius 1 is 1.26 bits per heavy atom. The molecule has 19 heavy (non-hydrogen) atoms. The molecule has 1 saturated heterocycles. The molecule has 0 radical (unpaired) electrons. The summed E-state index contributed by atoms with van der Waals surface area (Å²) in [5.41, 5.74) is 1.07. The van der Waals surface area contributed by atoms with E-state index in [1.54, 1.807) is 0 Å². The predicted octanol–water partition coefficient (Wildman–Crippen LogP) is 2.19. The summed E-state index contributed by atoms with van der Waals surface area (Å²) in [7, 11) is 3.69. The number of phenols is 1. The molecule has 0 amide bonds. The molecule has 0 atom stereocenters. The summed E-state index contributed by atoms with van der Waals surface area (Å²) in [6, 6.07) is 3.67. The van der Waals surface area contributed by atoms with Gasteiger partial charge in [0, 0.05) is 19.6 Å². The van der Waals surface area contributed by atoms with Crippen molar-refractivity contribution >= 4 is 11.6 Å². The lowest BCUT2D eigenvalue weighted by Crippen LogP contribution is -2.28. The van der Waals surface area contributed by atoms with Gasteiger partial charge in [0.05, 0.1) is 12.1 Å². The van der Waals surface area contributed by atoms with Crippen molar-refractivity contribution in [1.29, 1.82) is 0 Å². The average molecular weight is 285 g/mol. The van der Waals surface area contributed by atoms with Crippen LogP contribution in [0.3, 0.4) is 0 Å². The van der Waals surface area contributed by atoms with Gasteiger partial charge in [0.25, 0.3) is 0 Å². The quantitative estimate of drug-likeness (QED) is 0.923. The van der Waals surface area contributed by atoms with E-state index in [1.807, 2.05) is 12.1 Å². The maximum absolute atomic E-state index is 9.73. The second-order valence-electron chi connectivity index (χ2n) is 5.06. The lowest BCUT2D eigenvalue weighted by Gasteiger charge is -2.20. The molecular weight excluding hydrogens is 264 g/mol. The van der Waals surface area contributed by atoms with E-state index in [9.17, 15) is 5.11 Å². The van der Waals surface area contributed by atoms with Gasteiger partial charge in [0.1, 0.15) is 0 Å². The van der Waals surface area contributed by atoms with Gasteiger partial charge in [-0.2, -0.15) is 0 Å². The number of likely N-dealkylation sites (N-methyl/N-ethyl adjacent to an activating group) is 1. The number of ether oxygens (including phenoxy) is 1. The van der Waals surface area contributed by atoms with Gasteiger partial charge in [0.2, 0.25) is 0 Å². The Hall–Kier alpha value is -0.970. The van der Waals surface area contributed by atoms with Crippen LogP contribution in [0.4, 0.5) is 0 Å². The molecule has 1 fully saturated rings. The highest BCUT2D eigenvalue weighted by Crippen LogP contribution is 2.35. The maximum atomic E-state index is 9.73. The highest BCUT2D eigenvalue weighted by Gasteiger charge is 2.14. The SMILES string of the molecule is COc1cc(CN2CCCN(C)CC2)cc(Cl)c1O. The fraction of sp³-hybridized carbons (Fsp3) is 0.571. The smallest absolute Gasteiger partial charge is 0.176 e. The standard InChI is InChI=1S/C14H21ClN2O2/c1-16-4-3-5-17(7-6-16)10-11-8-12(15)14(18)13(9-11)19-2/h8-9,18H,3-7,10H2,1-2H3. The Morgan fingerprint density at radius 3 is 2.79 bits per heavy atom. The average Bonchev–Trinajstić information content (AvgIpc) is 2.59. The van der Waals surface area contributed by atoms with Crippen LogP contribution in [-0.4, -0.2) is 55.2 Å². The van der Waals surface area contributed by atoms with Gasteiger partial charge in [-0.1, -0.05) is 11.6 Å². The zero-order chi connectivity index (χ0) is 13.8.